The van der Waals surface area contributed by atoms with Gasteiger partial charge in [0.2, 0.25) is 0 Å². The van der Waals surface area contributed by atoms with Crippen LogP contribution in [0, 0.1) is 0 Å². The van der Waals surface area contributed by atoms with E-state index in [2.05, 4.69) is 27.7 Å². The highest BCUT2D eigenvalue weighted by atomic mass is 16.5. The molecule has 0 amide bonds. The van der Waals surface area contributed by atoms with Crippen LogP contribution < -0.4 is 0 Å². The monoisotopic (exact) mass is 811 g/mol. The van der Waals surface area contributed by atoms with E-state index < -0.39 is 0 Å². The largest absolute Gasteiger partial charge is 0.459 e. The summed E-state index contributed by atoms with van der Waals surface area (Å²) in [5.41, 5.74) is 0.725. The van der Waals surface area contributed by atoms with Gasteiger partial charge in [0.15, 0.2) is 0 Å². The lowest BCUT2D eigenvalue weighted by atomic mass is 10.0. The van der Waals surface area contributed by atoms with Crippen LogP contribution in [0.4, 0.5) is 0 Å². The summed E-state index contributed by atoms with van der Waals surface area (Å²) in [5.74, 6) is -0.724. The van der Waals surface area contributed by atoms with Crippen LogP contribution in [0.2, 0.25) is 0 Å². The molecule has 0 aliphatic rings. The molecule has 4 heteroatoms. The first kappa shape index (κ1) is 54.2. The number of ether oxygens (including phenoxy) is 2. The molecule has 0 aliphatic heterocycles. The summed E-state index contributed by atoms with van der Waals surface area (Å²) in [6.45, 7) is 9.10. The fraction of sp³-hybridized carbons (Fsp3) is 0.852. The van der Waals surface area contributed by atoms with E-state index in [1.165, 1.54) is 205 Å². The SMILES string of the molecule is CCCCCCCCCCCC(CCCCCCCCCCC)OC(=O)c1ccccc1C(=O)OC(CCCCCCCCCCC)CCCCCCCCCCC. The zero-order valence-corrected chi connectivity index (χ0v) is 39.4. The van der Waals surface area contributed by atoms with Gasteiger partial charge in [0.1, 0.15) is 12.2 Å². The molecule has 0 radical (unpaired) electrons. The summed E-state index contributed by atoms with van der Waals surface area (Å²) < 4.78 is 12.6. The maximum atomic E-state index is 13.9. The van der Waals surface area contributed by atoms with Crippen molar-refractivity contribution in [2.45, 2.75) is 297 Å². The summed E-state index contributed by atoms with van der Waals surface area (Å²) in [4.78, 5) is 27.7. The van der Waals surface area contributed by atoms with Gasteiger partial charge in [-0.25, -0.2) is 9.59 Å². The smallest absolute Gasteiger partial charge is 0.339 e. The maximum absolute atomic E-state index is 13.9. The number of benzene rings is 1. The lowest BCUT2D eigenvalue weighted by molar-refractivity contribution is 0.0201. The second-order valence-corrected chi connectivity index (χ2v) is 18.1. The molecule has 0 unspecified atom stereocenters. The lowest BCUT2D eigenvalue weighted by Gasteiger charge is -2.21. The minimum Gasteiger partial charge on any atom is -0.459 e. The van der Waals surface area contributed by atoms with Gasteiger partial charge in [-0.1, -0.05) is 245 Å². The van der Waals surface area contributed by atoms with Crippen LogP contribution in [0.5, 0.6) is 0 Å². The van der Waals surface area contributed by atoms with Crippen LogP contribution >= 0.6 is 0 Å². The summed E-state index contributed by atoms with van der Waals surface area (Å²) in [6, 6.07) is 7.24. The van der Waals surface area contributed by atoms with Gasteiger partial charge in [-0.15, -0.1) is 0 Å². The second kappa shape index (κ2) is 41.9. The quantitative estimate of drug-likeness (QED) is 0.0487. The Bertz CT molecular complexity index is 911. The average molecular weight is 811 g/mol. The Hall–Kier alpha value is -1.84. The van der Waals surface area contributed by atoms with Crippen LogP contribution in [0.15, 0.2) is 24.3 Å². The molecule has 1 aromatic carbocycles. The Balaban J connectivity index is 2.81. The van der Waals surface area contributed by atoms with Crippen LogP contribution in [-0.2, 0) is 9.47 Å². The zero-order chi connectivity index (χ0) is 42.0. The minimum atomic E-state index is -0.362. The summed E-state index contributed by atoms with van der Waals surface area (Å²) >= 11 is 0. The highest BCUT2D eigenvalue weighted by Gasteiger charge is 2.24. The van der Waals surface area contributed by atoms with E-state index in [4.69, 9.17) is 9.47 Å². The van der Waals surface area contributed by atoms with Crippen LogP contribution in [0.1, 0.15) is 305 Å². The van der Waals surface area contributed by atoms with Gasteiger partial charge in [-0.05, 0) is 63.5 Å². The van der Waals surface area contributed by atoms with Crippen molar-refractivity contribution in [2.75, 3.05) is 0 Å². The van der Waals surface area contributed by atoms with Crippen molar-refractivity contribution in [3.8, 4) is 0 Å². The standard InChI is InChI=1S/C54H98O4/c1-5-9-13-17-21-25-29-33-37-43-49(44-38-34-30-26-22-18-14-10-6-2)57-53(55)51-47-41-42-48-52(51)54(56)58-50(45-39-35-31-27-23-19-15-11-7-3)46-40-36-32-28-24-20-16-12-8-4/h41-42,47-50H,5-40,43-46H2,1-4H3. The van der Waals surface area contributed by atoms with Crippen LogP contribution in [0.25, 0.3) is 0 Å². The van der Waals surface area contributed by atoms with Gasteiger partial charge >= 0.3 is 11.9 Å². The Kier molecular flexibility index (Phi) is 39.1. The number of hydrogen-bond acceptors (Lipinski definition) is 4. The molecular weight excluding hydrogens is 713 g/mol. The van der Waals surface area contributed by atoms with Gasteiger partial charge in [0.05, 0.1) is 11.1 Å². The van der Waals surface area contributed by atoms with E-state index in [0.29, 0.717) is 11.1 Å². The molecule has 0 spiro atoms. The lowest BCUT2D eigenvalue weighted by Crippen LogP contribution is -2.23. The molecule has 0 N–H and O–H groups in total. The molecule has 338 valence electrons. The molecule has 4 nitrogen and oxygen atoms in total. The van der Waals surface area contributed by atoms with Gasteiger partial charge in [-0.3, -0.25) is 0 Å². The predicted molar refractivity (Wildman–Crippen MR) is 252 cm³/mol. The van der Waals surface area contributed by atoms with E-state index in [1.807, 2.05) is 12.1 Å². The van der Waals surface area contributed by atoms with Crippen molar-refractivity contribution in [2.24, 2.45) is 0 Å². The number of rotatable bonds is 44. The Morgan fingerprint density at radius 1 is 0.328 bits per heavy atom. The molecule has 0 heterocycles. The van der Waals surface area contributed by atoms with Gasteiger partial charge in [-0.2, -0.15) is 0 Å². The third kappa shape index (κ3) is 32.0. The van der Waals surface area contributed by atoms with E-state index in [-0.39, 0.29) is 24.1 Å². The van der Waals surface area contributed by atoms with Gasteiger partial charge < -0.3 is 9.47 Å². The van der Waals surface area contributed by atoms with Gasteiger partial charge in [0.25, 0.3) is 0 Å². The molecule has 0 aliphatic carbocycles. The Labute approximate surface area is 361 Å². The minimum absolute atomic E-state index is 0.100. The third-order valence-corrected chi connectivity index (χ3v) is 12.4. The molecule has 0 bridgehead atoms. The van der Waals surface area contributed by atoms with Crippen LogP contribution in [0.3, 0.4) is 0 Å². The van der Waals surface area contributed by atoms with Crippen molar-refractivity contribution in [3.63, 3.8) is 0 Å². The molecule has 1 aromatic rings. The van der Waals surface area contributed by atoms with Crippen LogP contribution in [-0.4, -0.2) is 24.1 Å². The Morgan fingerprint density at radius 2 is 0.517 bits per heavy atom. The fourth-order valence-electron chi connectivity index (χ4n) is 8.52. The molecule has 58 heavy (non-hydrogen) atoms. The van der Waals surface area contributed by atoms with E-state index in [0.717, 1.165) is 51.4 Å². The number of hydrogen-bond donors (Lipinski definition) is 0. The van der Waals surface area contributed by atoms with E-state index >= 15 is 0 Å². The molecule has 0 aromatic heterocycles. The third-order valence-electron chi connectivity index (χ3n) is 12.4. The Morgan fingerprint density at radius 3 is 0.724 bits per heavy atom. The highest BCUT2D eigenvalue weighted by Crippen LogP contribution is 2.23. The fourth-order valence-corrected chi connectivity index (χ4v) is 8.52. The normalized spacial score (nSPS) is 11.6. The van der Waals surface area contributed by atoms with Crippen molar-refractivity contribution < 1.29 is 19.1 Å². The van der Waals surface area contributed by atoms with E-state index in [9.17, 15) is 9.59 Å². The molecular formula is C54H98O4. The average Bonchev–Trinajstić information content (AvgIpc) is 3.23. The van der Waals surface area contributed by atoms with Crippen molar-refractivity contribution in [1.29, 1.82) is 0 Å². The second-order valence-electron chi connectivity index (χ2n) is 18.1. The highest BCUT2D eigenvalue weighted by molar-refractivity contribution is 6.03. The number of carbonyl (C=O) groups excluding carboxylic acids is 2. The molecule has 0 saturated carbocycles. The van der Waals surface area contributed by atoms with E-state index in [1.54, 1.807) is 12.1 Å². The van der Waals surface area contributed by atoms with Gasteiger partial charge in [0, 0.05) is 0 Å². The topological polar surface area (TPSA) is 52.6 Å². The zero-order valence-electron chi connectivity index (χ0n) is 39.4. The summed E-state index contributed by atoms with van der Waals surface area (Å²) in [6.07, 6.45) is 49.7. The number of esters is 2. The molecule has 0 atom stereocenters. The summed E-state index contributed by atoms with van der Waals surface area (Å²) in [5, 5.41) is 0. The first-order chi connectivity index (χ1) is 28.6. The molecule has 0 fully saturated rings. The first-order valence-electron chi connectivity index (χ1n) is 26.1. The van der Waals surface area contributed by atoms with Crippen molar-refractivity contribution in [1.82, 2.24) is 0 Å². The van der Waals surface area contributed by atoms with Crippen molar-refractivity contribution >= 4 is 11.9 Å². The molecule has 0 saturated heterocycles. The predicted octanol–water partition coefficient (Wildman–Crippen LogP) is 18.4. The maximum Gasteiger partial charge on any atom is 0.339 e. The number of unbranched alkanes of at least 4 members (excludes halogenated alkanes) is 32. The van der Waals surface area contributed by atoms with Crippen molar-refractivity contribution in [3.05, 3.63) is 35.4 Å². The summed E-state index contributed by atoms with van der Waals surface area (Å²) in [7, 11) is 0. The number of carbonyl (C=O) groups is 2. The molecule has 1 rings (SSSR count). The first-order valence-corrected chi connectivity index (χ1v) is 26.1.